The summed E-state index contributed by atoms with van der Waals surface area (Å²) in [7, 11) is 0. The first-order valence-electron chi connectivity index (χ1n) is 7.60. The van der Waals surface area contributed by atoms with Gasteiger partial charge in [0, 0.05) is 6.54 Å². The van der Waals surface area contributed by atoms with Crippen LogP contribution < -0.4 is 10.1 Å². The lowest BCUT2D eigenvalue weighted by Gasteiger charge is -2.13. The van der Waals surface area contributed by atoms with E-state index >= 15 is 0 Å². The molecular weight excluding hydrogens is 258 g/mol. The van der Waals surface area contributed by atoms with Crippen LogP contribution in [0.3, 0.4) is 0 Å². The molecule has 0 amide bonds. The Morgan fingerprint density at radius 3 is 2.43 bits per heavy atom. The Morgan fingerprint density at radius 2 is 1.76 bits per heavy atom. The Balaban J connectivity index is 2.03. The van der Waals surface area contributed by atoms with E-state index in [1.807, 2.05) is 24.3 Å². The van der Waals surface area contributed by atoms with Crippen molar-refractivity contribution < 1.29 is 4.74 Å². The topological polar surface area (TPSA) is 21.3 Å². The van der Waals surface area contributed by atoms with Crippen LogP contribution in [0.2, 0.25) is 0 Å². The van der Waals surface area contributed by atoms with Crippen LogP contribution in [-0.2, 0) is 6.54 Å². The van der Waals surface area contributed by atoms with E-state index < -0.39 is 0 Å². The van der Waals surface area contributed by atoms with Gasteiger partial charge < -0.3 is 10.1 Å². The maximum absolute atomic E-state index is 5.97. The second kappa shape index (κ2) is 7.28. The summed E-state index contributed by atoms with van der Waals surface area (Å²) in [4.78, 5) is 0. The van der Waals surface area contributed by atoms with E-state index in [1.165, 1.54) is 11.1 Å². The minimum absolute atomic E-state index is 0.675. The van der Waals surface area contributed by atoms with E-state index in [4.69, 9.17) is 4.74 Å². The summed E-state index contributed by atoms with van der Waals surface area (Å²) < 4.78 is 5.97. The summed E-state index contributed by atoms with van der Waals surface area (Å²) >= 11 is 0. The lowest BCUT2D eigenvalue weighted by molar-refractivity contribution is 0.478. The molecule has 0 bridgehead atoms. The minimum atomic E-state index is 0.675. The van der Waals surface area contributed by atoms with Gasteiger partial charge in [-0.15, -0.1) is 0 Å². The summed E-state index contributed by atoms with van der Waals surface area (Å²) in [5.41, 5.74) is 3.74. The molecule has 2 aromatic carbocycles. The van der Waals surface area contributed by atoms with Crippen LogP contribution in [0, 0.1) is 19.8 Å². The predicted octanol–water partition coefficient (Wildman–Crippen LogP) is 4.84. The molecule has 2 rings (SSSR count). The SMILES string of the molecule is Cc1cc(Oc2ccccc2C)ccc1CNCC(C)C. The van der Waals surface area contributed by atoms with Crippen molar-refractivity contribution in [2.45, 2.75) is 34.2 Å². The fourth-order valence-corrected chi connectivity index (χ4v) is 2.22. The van der Waals surface area contributed by atoms with E-state index in [-0.39, 0.29) is 0 Å². The number of para-hydroxylation sites is 1. The van der Waals surface area contributed by atoms with Gasteiger partial charge in [0.2, 0.25) is 0 Å². The zero-order valence-electron chi connectivity index (χ0n) is 13.4. The van der Waals surface area contributed by atoms with Crippen molar-refractivity contribution in [1.29, 1.82) is 0 Å². The second-order valence-corrected chi connectivity index (χ2v) is 5.98. The molecule has 0 radical (unpaired) electrons. The summed E-state index contributed by atoms with van der Waals surface area (Å²) in [6, 6.07) is 14.4. The molecule has 1 N–H and O–H groups in total. The van der Waals surface area contributed by atoms with E-state index in [0.29, 0.717) is 5.92 Å². The average Bonchev–Trinajstić information content (AvgIpc) is 2.43. The van der Waals surface area contributed by atoms with E-state index in [9.17, 15) is 0 Å². The van der Waals surface area contributed by atoms with Crippen molar-refractivity contribution in [3.8, 4) is 11.5 Å². The van der Waals surface area contributed by atoms with Crippen molar-refractivity contribution in [2.24, 2.45) is 5.92 Å². The first-order chi connectivity index (χ1) is 10.1. The van der Waals surface area contributed by atoms with Gasteiger partial charge in [-0.05, 0) is 61.2 Å². The first kappa shape index (κ1) is 15.6. The van der Waals surface area contributed by atoms with Crippen LogP contribution in [0.1, 0.15) is 30.5 Å². The molecule has 112 valence electrons. The molecule has 0 aliphatic rings. The van der Waals surface area contributed by atoms with Crippen molar-refractivity contribution in [1.82, 2.24) is 5.32 Å². The number of rotatable bonds is 6. The standard InChI is InChI=1S/C19H25NO/c1-14(2)12-20-13-17-9-10-18(11-16(17)4)21-19-8-6-5-7-15(19)3/h5-11,14,20H,12-13H2,1-4H3. The van der Waals surface area contributed by atoms with Gasteiger partial charge in [0.25, 0.3) is 0 Å². The van der Waals surface area contributed by atoms with Crippen LogP contribution in [-0.4, -0.2) is 6.54 Å². The molecule has 0 saturated heterocycles. The molecule has 0 aliphatic heterocycles. The molecule has 0 aromatic heterocycles. The molecule has 0 fully saturated rings. The summed E-state index contributed by atoms with van der Waals surface area (Å²) in [5.74, 6) is 2.49. The monoisotopic (exact) mass is 283 g/mol. The highest BCUT2D eigenvalue weighted by Crippen LogP contribution is 2.26. The molecule has 2 heteroatoms. The van der Waals surface area contributed by atoms with Gasteiger partial charge in [-0.2, -0.15) is 0 Å². The minimum Gasteiger partial charge on any atom is -0.457 e. The van der Waals surface area contributed by atoms with Gasteiger partial charge in [-0.1, -0.05) is 38.1 Å². The largest absolute Gasteiger partial charge is 0.457 e. The number of nitrogens with one attached hydrogen (secondary N) is 1. The predicted molar refractivity (Wildman–Crippen MR) is 89.0 cm³/mol. The quantitative estimate of drug-likeness (QED) is 0.819. The summed E-state index contributed by atoms with van der Waals surface area (Å²) in [5, 5.41) is 3.48. The van der Waals surface area contributed by atoms with Gasteiger partial charge in [0.15, 0.2) is 0 Å². The van der Waals surface area contributed by atoms with E-state index in [1.54, 1.807) is 0 Å². The first-order valence-corrected chi connectivity index (χ1v) is 7.60. The summed E-state index contributed by atoms with van der Waals surface area (Å²) in [6.45, 7) is 10.6. The van der Waals surface area contributed by atoms with E-state index in [0.717, 1.165) is 30.2 Å². The van der Waals surface area contributed by atoms with Crippen molar-refractivity contribution >= 4 is 0 Å². The second-order valence-electron chi connectivity index (χ2n) is 5.98. The van der Waals surface area contributed by atoms with E-state index in [2.05, 4.69) is 51.2 Å². The lowest BCUT2D eigenvalue weighted by atomic mass is 10.1. The van der Waals surface area contributed by atoms with Crippen LogP contribution in [0.5, 0.6) is 11.5 Å². The highest BCUT2D eigenvalue weighted by molar-refractivity contribution is 5.40. The Kier molecular flexibility index (Phi) is 5.40. The summed E-state index contributed by atoms with van der Waals surface area (Å²) in [6.07, 6.45) is 0. The number of benzene rings is 2. The third-order valence-electron chi connectivity index (χ3n) is 3.50. The molecule has 0 aliphatic carbocycles. The highest BCUT2D eigenvalue weighted by atomic mass is 16.5. The molecule has 2 nitrogen and oxygen atoms in total. The smallest absolute Gasteiger partial charge is 0.130 e. The van der Waals surface area contributed by atoms with Gasteiger partial charge in [-0.25, -0.2) is 0 Å². The number of ether oxygens (including phenoxy) is 1. The fourth-order valence-electron chi connectivity index (χ4n) is 2.22. The molecule has 0 unspecified atom stereocenters. The number of aryl methyl sites for hydroxylation is 2. The Labute approximate surface area is 128 Å². The molecule has 0 spiro atoms. The zero-order valence-corrected chi connectivity index (χ0v) is 13.4. The van der Waals surface area contributed by atoms with Gasteiger partial charge in [-0.3, -0.25) is 0 Å². The van der Waals surface area contributed by atoms with Crippen LogP contribution >= 0.6 is 0 Å². The lowest BCUT2D eigenvalue weighted by Crippen LogP contribution is -2.19. The zero-order chi connectivity index (χ0) is 15.2. The van der Waals surface area contributed by atoms with Gasteiger partial charge >= 0.3 is 0 Å². The van der Waals surface area contributed by atoms with Crippen LogP contribution in [0.4, 0.5) is 0 Å². The number of hydrogen-bond donors (Lipinski definition) is 1. The fraction of sp³-hybridized carbons (Fsp3) is 0.368. The molecule has 21 heavy (non-hydrogen) atoms. The molecule has 0 saturated carbocycles. The Bertz CT molecular complexity index is 590. The molecule has 2 aromatic rings. The van der Waals surface area contributed by atoms with Crippen LogP contribution in [0.15, 0.2) is 42.5 Å². The highest BCUT2D eigenvalue weighted by Gasteiger charge is 2.04. The Morgan fingerprint density at radius 1 is 1.00 bits per heavy atom. The molecule has 0 atom stereocenters. The average molecular weight is 283 g/mol. The maximum atomic E-state index is 5.97. The van der Waals surface area contributed by atoms with Crippen molar-refractivity contribution in [3.05, 3.63) is 59.2 Å². The van der Waals surface area contributed by atoms with Crippen molar-refractivity contribution in [2.75, 3.05) is 6.54 Å². The maximum Gasteiger partial charge on any atom is 0.130 e. The number of hydrogen-bond acceptors (Lipinski definition) is 2. The third kappa shape index (κ3) is 4.61. The van der Waals surface area contributed by atoms with Crippen LogP contribution in [0.25, 0.3) is 0 Å². The molecule has 0 heterocycles. The Hall–Kier alpha value is -1.80. The molecular formula is C19H25NO. The van der Waals surface area contributed by atoms with Gasteiger partial charge in [0.1, 0.15) is 11.5 Å². The third-order valence-corrected chi connectivity index (χ3v) is 3.50. The van der Waals surface area contributed by atoms with Crippen molar-refractivity contribution in [3.63, 3.8) is 0 Å². The van der Waals surface area contributed by atoms with Gasteiger partial charge in [0.05, 0.1) is 0 Å². The normalized spacial score (nSPS) is 10.9.